The number of anilines is 1. The van der Waals surface area contributed by atoms with Crippen LogP contribution in [-0.4, -0.2) is 63.7 Å². The number of fused-ring (bicyclic) bond motifs is 1. The van der Waals surface area contributed by atoms with E-state index >= 15 is 0 Å². The molecule has 1 fully saturated rings. The van der Waals surface area contributed by atoms with Gasteiger partial charge in [-0.25, -0.2) is 9.97 Å². The molecule has 0 bridgehead atoms. The summed E-state index contributed by atoms with van der Waals surface area (Å²) in [5.41, 5.74) is 4.43. The zero-order chi connectivity index (χ0) is 29.1. The van der Waals surface area contributed by atoms with Gasteiger partial charge in [-0.3, -0.25) is 9.59 Å². The summed E-state index contributed by atoms with van der Waals surface area (Å²) in [5, 5.41) is 16.6. The lowest BCUT2D eigenvalue weighted by Crippen LogP contribution is -2.46. The van der Waals surface area contributed by atoms with E-state index < -0.39 is 12.1 Å². The number of aryl methyl sites for hydroxylation is 1. The smallest absolute Gasteiger partial charge is 0.255 e. The summed E-state index contributed by atoms with van der Waals surface area (Å²) in [6.45, 7) is 3.72. The lowest BCUT2D eigenvalue weighted by Gasteiger charge is -2.28. The van der Waals surface area contributed by atoms with Crippen molar-refractivity contribution >= 4 is 29.4 Å². The summed E-state index contributed by atoms with van der Waals surface area (Å²) in [6, 6.07) is 12.2. The molecule has 2 unspecified atom stereocenters. The molecule has 3 aromatic rings. The Hall–Kier alpha value is -3.53. The number of aliphatic hydroxyl groups excluding tert-OH is 1. The van der Waals surface area contributed by atoms with Gasteiger partial charge in [0.25, 0.3) is 5.91 Å². The lowest BCUT2D eigenvalue weighted by atomic mass is 9.93. The van der Waals surface area contributed by atoms with Gasteiger partial charge in [-0.15, -0.1) is 0 Å². The molecular formula is C31H36ClN5O4. The van der Waals surface area contributed by atoms with E-state index in [-0.39, 0.29) is 24.5 Å². The molecule has 41 heavy (non-hydrogen) atoms. The Morgan fingerprint density at radius 1 is 1.20 bits per heavy atom. The Labute approximate surface area is 245 Å². The van der Waals surface area contributed by atoms with Gasteiger partial charge >= 0.3 is 0 Å². The Kier molecular flexibility index (Phi) is 8.87. The van der Waals surface area contributed by atoms with Crippen molar-refractivity contribution in [1.82, 2.24) is 20.2 Å². The second kappa shape index (κ2) is 12.5. The molecule has 5 rings (SSSR count). The van der Waals surface area contributed by atoms with Gasteiger partial charge in [-0.1, -0.05) is 53.6 Å². The van der Waals surface area contributed by atoms with Crippen molar-refractivity contribution in [3.8, 4) is 11.3 Å². The predicted octanol–water partition coefficient (Wildman–Crippen LogP) is 4.67. The molecule has 216 valence electrons. The van der Waals surface area contributed by atoms with Crippen LogP contribution in [0.2, 0.25) is 5.02 Å². The summed E-state index contributed by atoms with van der Waals surface area (Å²) in [6.07, 6.45) is 5.79. The Balaban J connectivity index is 1.29. The zero-order valence-corrected chi connectivity index (χ0v) is 24.3. The number of hydrogen-bond donors (Lipinski definition) is 3. The van der Waals surface area contributed by atoms with Crippen LogP contribution in [0.3, 0.4) is 0 Å². The van der Waals surface area contributed by atoms with Gasteiger partial charge in [-0.05, 0) is 56.7 Å². The molecule has 0 radical (unpaired) electrons. The molecule has 1 aliphatic carbocycles. The van der Waals surface area contributed by atoms with Crippen molar-refractivity contribution in [3.63, 3.8) is 0 Å². The molecule has 3 N–H and O–H groups in total. The second-order valence-corrected chi connectivity index (χ2v) is 11.3. The van der Waals surface area contributed by atoms with Gasteiger partial charge < -0.3 is 25.4 Å². The van der Waals surface area contributed by atoms with Gasteiger partial charge in [0.1, 0.15) is 6.04 Å². The Bertz CT molecular complexity index is 1430. The molecule has 1 saturated carbocycles. The number of hydrogen-bond acceptors (Lipinski definition) is 7. The number of nitrogens with zero attached hydrogens (tertiary/aromatic N) is 3. The van der Waals surface area contributed by atoms with Crippen LogP contribution < -0.4 is 10.6 Å². The highest BCUT2D eigenvalue weighted by Crippen LogP contribution is 2.33. The van der Waals surface area contributed by atoms with Gasteiger partial charge in [0.05, 0.1) is 35.7 Å². The van der Waals surface area contributed by atoms with Crippen LogP contribution in [0.5, 0.6) is 0 Å². The number of methoxy groups -OCH3 is 1. The summed E-state index contributed by atoms with van der Waals surface area (Å²) in [7, 11) is 1.75. The van der Waals surface area contributed by atoms with Gasteiger partial charge in [0, 0.05) is 30.8 Å². The number of carbonyl (C=O) groups is 2. The number of rotatable bonds is 9. The van der Waals surface area contributed by atoms with Gasteiger partial charge in [-0.2, -0.15) is 0 Å². The number of ether oxygens (including phenoxy) is 1. The first kappa shape index (κ1) is 29.0. The van der Waals surface area contributed by atoms with Crippen LogP contribution in [0.15, 0.2) is 48.7 Å². The zero-order valence-electron chi connectivity index (χ0n) is 23.6. The van der Waals surface area contributed by atoms with Crippen molar-refractivity contribution in [2.75, 3.05) is 19.0 Å². The highest BCUT2D eigenvalue weighted by atomic mass is 35.5. The van der Waals surface area contributed by atoms with Crippen LogP contribution >= 0.6 is 11.6 Å². The average Bonchev–Trinajstić information content (AvgIpc) is 3.32. The van der Waals surface area contributed by atoms with Crippen LogP contribution in [0.1, 0.15) is 65.7 Å². The minimum atomic E-state index is -0.733. The number of amides is 2. The molecule has 2 aliphatic rings. The number of carbonyl (C=O) groups excluding carboxylic acids is 2. The highest BCUT2D eigenvalue weighted by Gasteiger charge is 2.35. The number of halogens is 1. The Morgan fingerprint density at radius 3 is 2.68 bits per heavy atom. The van der Waals surface area contributed by atoms with Crippen LogP contribution in [0.4, 0.5) is 5.95 Å². The highest BCUT2D eigenvalue weighted by molar-refractivity contribution is 6.33. The fraction of sp³-hybridized carbons (Fsp3) is 0.419. The van der Waals surface area contributed by atoms with E-state index in [1.807, 2.05) is 43.3 Å². The summed E-state index contributed by atoms with van der Waals surface area (Å²) < 4.78 is 5.47. The summed E-state index contributed by atoms with van der Waals surface area (Å²) in [5.74, 6) is -0.0730. The van der Waals surface area contributed by atoms with Crippen LogP contribution in [0.25, 0.3) is 11.3 Å². The minimum Gasteiger partial charge on any atom is -0.394 e. The van der Waals surface area contributed by atoms with E-state index in [2.05, 4.69) is 20.6 Å². The molecule has 9 nitrogen and oxygen atoms in total. The maximum atomic E-state index is 13.5. The van der Waals surface area contributed by atoms with Crippen molar-refractivity contribution in [1.29, 1.82) is 0 Å². The third-order valence-electron chi connectivity index (χ3n) is 8.09. The second-order valence-electron chi connectivity index (χ2n) is 10.9. The predicted molar refractivity (Wildman–Crippen MR) is 158 cm³/mol. The minimum absolute atomic E-state index is 0.237. The summed E-state index contributed by atoms with van der Waals surface area (Å²) >= 11 is 6.50. The molecule has 1 aliphatic heterocycles. The Morgan fingerprint density at radius 2 is 1.98 bits per heavy atom. The molecular weight excluding hydrogens is 542 g/mol. The third-order valence-corrected chi connectivity index (χ3v) is 8.37. The number of aliphatic hydroxyl groups is 1. The molecule has 1 aromatic heterocycles. The quantitative estimate of drug-likeness (QED) is 0.338. The molecule has 10 heteroatoms. The SMILES string of the molecule is COC1CCC(Nc2ncc(Cl)c(-c3ccc4c(c3)C(=O)N(C(C)C(=O)NC(CO)c3cccc(C)c3)C4)n2)CC1. The largest absolute Gasteiger partial charge is 0.394 e. The number of benzene rings is 2. The molecule has 2 heterocycles. The van der Waals surface area contributed by atoms with E-state index in [1.54, 1.807) is 31.2 Å². The van der Waals surface area contributed by atoms with E-state index in [4.69, 9.17) is 16.3 Å². The first-order valence-electron chi connectivity index (χ1n) is 14.0. The van der Waals surface area contributed by atoms with E-state index in [1.165, 1.54) is 0 Å². The summed E-state index contributed by atoms with van der Waals surface area (Å²) in [4.78, 5) is 37.2. The number of aromatic nitrogens is 2. The lowest BCUT2D eigenvalue weighted by molar-refractivity contribution is -0.126. The fourth-order valence-corrected chi connectivity index (χ4v) is 5.80. The van der Waals surface area contributed by atoms with Crippen LogP contribution in [-0.2, 0) is 16.1 Å². The molecule has 2 aromatic carbocycles. The van der Waals surface area contributed by atoms with Gasteiger partial charge in [0.15, 0.2) is 0 Å². The monoisotopic (exact) mass is 577 g/mol. The van der Waals surface area contributed by atoms with E-state index in [9.17, 15) is 14.7 Å². The van der Waals surface area contributed by atoms with Gasteiger partial charge in [0.2, 0.25) is 11.9 Å². The topological polar surface area (TPSA) is 117 Å². The average molecular weight is 578 g/mol. The first-order valence-corrected chi connectivity index (χ1v) is 14.4. The van der Waals surface area contributed by atoms with Crippen molar-refractivity contribution in [3.05, 3.63) is 75.9 Å². The normalized spacial score (nSPS) is 19.9. The molecule has 0 spiro atoms. The van der Waals surface area contributed by atoms with Crippen molar-refractivity contribution < 1.29 is 19.4 Å². The van der Waals surface area contributed by atoms with Crippen molar-refractivity contribution in [2.24, 2.45) is 0 Å². The van der Waals surface area contributed by atoms with E-state index in [0.717, 1.165) is 42.4 Å². The fourth-order valence-electron chi connectivity index (χ4n) is 5.60. The van der Waals surface area contributed by atoms with Crippen molar-refractivity contribution in [2.45, 2.75) is 70.3 Å². The molecule has 0 saturated heterocycles. The maximum absolute atomic E-state index is 13.5. The third kappa shape index (κ3) is 6.37. The first-order chi connectivity index (χ1) is 19.8. The molecule has 2 amide bonds. The van der Waals surface area contributed by atoms with Crippen LogP contribution in [0, 0.1) is 6.92 Å². The molecule has 2 atom stereocenters. The number of nitrogens with one attached hydrogen (secondary N) is 2. The van der Waals surface area contributed by atoms with E-state index in [0.29, 0.717) is 40.4 Å². The maximum Gasteiger partial charge on any atom is 0.255 e. The standard InChI is InChI=1S/C31H36ClN5O4/c1-18-5-4-6-20(13-18)27(17-38)35-29(39)19(2)37-16-22-8-7-21(14-25(22)30(37)40)28-26(32)15-33-31(36-28)34-23-9-11-24(41-3)12-10-23/h4-8,13-15,19,23-24,27,38H,9-12,16-17H2,1-3H3,(H,35,39)(H,33,34,36).